The molecule has 0 aliphatic carbocycles. The summed E-state index contributed by atoms with van der Waals surface area (Å²) in [7, 11) is 0. The van der Waals surface area contributed by atoms with Crippen LogP contribution in [0.4, 0.5) is 4.39 Å². The van der Waals surface area contributed by atoms with Crippen LogP contribution in [-0.2, 0) is 0 Å². The van der Waals surface area contributed by atoms with E-state index in [0.29, 0.717) is 29.1 Å². The van der Waals surface area contributed by atoms with Crippen LogP contribution in [0.15, 0.2) is 42.5 Å². The summed E-state index contributed by atoms with van der Waals surface area (Å²) >= 11 is 6.09. The largest absolute Gasteiger partial charge is 0.390 e. The Hall–Kier alpha value is -1.95. The minimum Gasteiger partial charge on any atom is -0.390 e. The van der Waals surface area contributed by atoms with Gasteiger partial charge >= 0.3 is 0 Å². The van der Waals surface area contributed by atoms with Crippen LogP contribution in [0.5, 0.6) is 0 Å². The molecular formula is C18H18ClFN2O2. The van der Waals surface area contributed by atoms with Crippen molar-refractivity contribution in [2.75, 3.05) is 13.1 Å². The van der Waals surface area contributed by atoms with Gasteiger partial charge in [-0.05, 0) is 48.9 Å². The molecule has 4 nitrogen and oxygen atoms in total. The molecule has 3 N–H and O–H groups in total. The van der Waals surface area contributed by atoms with Crippen LogP contribution < -0.4 is 10.6 Å². The van der Waals surface area contributed by atoms with E-state index in [1.807, 2.05) is 6.07 Å². The van der Waals surface area contributed by atoms with Gasteiger partial charge in [-0.15, -0.1) is 0 Å². The number of rotatable bonds is 3. The molecule has 0 unspecified atom stereocenters. The van der Waals surface area contributed by atoms with E-state index in [0.717, 1.165) is 12.1 Å². The molecule has 1 amide bonds. The maximum Gasteiger partial charge on any atom is 0.251 e. The Morgan fingerprint density at radius 1 is 1.29 bits per heavy atom. The topological polar surface area (TPSA) is 61.4 Å². The van der Waals surface area contributed by atoms with Gasteiger partial charge in [0.25, 0.3) is 5.91 Å². The minimum atomic E-state index is -0.600. The van der Waals surface area contributed by atoms with Crippen LogP contribution in [-0.4, -0.2) is 36.2 Å². The van der Waals surface area contributed by atoms with Gasteiger partial charge in [0, 0.05) is 17.7 Å². The van der Waals surface area contributed by atoms with E-state index in [4.69, 9.17) is 11.6 Å². The van der Waals surface area contributed by atoms with Crippen molar-refractivity contribution in [1.82, 2.24) is 10.6 Å². The molecule has 1 saturated heterocycles. The SMILES string of the molecule is O=C(N[C@H]1CCNC[C@@H]1O)c1cccc(-c2ccc(F)cc2Cl)c1. The Bertz CT molecular complexity index is 754. The van der Waals surface area contributed by atoms with Crippen LogP contribution in [0, 0.1) is 5.82 Å². The lowest BCUT2D eigenvalue weighted by Gasteiger charge is -2.29. The molecule has 1 fully saturated rings. The standard InChI is InChI=1S/C18H18ClFN2O2/c19-15-9-13(20)4-5-14(15)11-2-1-3-12(8-11)18(24)22-16-6-7-21-10-17(16)23/h1-5,8-9,16-17,21,23H,6-7,10H2,(H,22,24)/t16-,17-/m0/s1. The van der Waals surface area contributed by atoms with Crippen molar-refractivity contribution in [1.29, 1.82) is 0 Å². The van der Waals surface area contributed by atoms with E-state index < -0.39 is 11.9 Å². The lowest BCUT2D eigenvalue weighted by Crippen LogP contribution is -2.52. The lowest BCUT2D eigenvalue weighted by atomic mass is 10.0. The van der Waals surface area contributed by atoms with E-state index in [2.05, 4.69) is 10.6 Å². The number of piperidine rings is 1. The summed E-state index contributed by atoms with van der Waals surface area (Å²) in [6.45, 7) is 1.23. The number of aliphatic hydroxyl groups excluding tert-OH is 1. The second-order valence-corrected chi connectivity index (χ2v) is 6.25. The van der Waals surface area contributed by atoms with Gasteiger partial charge in [-0.2, -0.15) is 0 Å². The Labute approximate surface area is 144 Å². The van der Waals surface area contributed by atoms with E-state index in [-0.39, 0.29) is 11.9 Å². The molecular weight excluding hydrogens is 331 g/mol. The highest BCUT2D eigenvalue weighted by atomic mass is 35.5. The molecule has 0 bridgehead atoms. The monoisotopic (exact) mass is 348 g/mol. The number of aliphatic hydroxyl groups is 1. The van der Waals surface area contributed by atoms with Crippen LogP contribution in [0.25, 0.3) is 11.1 Å². The number of carbonyl (C=O) groups is 1. The minimum absolute atomic E-state index is 0.249. The van der Waals surface area contributed by atoms with Crippen molar-refractivity contribution in [2.45, 2.75) is 18.6 Å². The van der Waals surface area contributed by atoms with E-state index in [1.165, 1.54) is 12.1 Å². The predicted octanol–water partition coefficient (Wildman–Crippen LogP) is 2.60. The van der Waals surface area contributed by atoms with Gasteiger partial charge in [0.2, 0.25) is 0 Å². The molecule has 2 aromatic carbocycles. The van der Waals surface area contributed by atoms with Crippen LogP contribution in [0.2, 0.25) is 5.02 Å². The number of β-amino-alcohol motifs (C(OH)–C–C–N with tert-alkyl or cyclic N) is 1. The molecule has 2 aromatic rings. The third-order valence-electron chi connectivity index (χ3n) is 4.13. The number of hydrogen-bond donors (Lipinski definition) is 3. The van der Waals surface area contributed by atoms with Gasteiger partial charge in [0.05, 0.1) is 17.2 Å². The Kier molecular flexibility index (Phi) is 5.14. The zero-order valence-corrected chi connectivity index (χ0v) is 13.7. The number of halogens is 2. The highest BCUT2D eigenvalue weighted by Gasteiger charge is 2.24. The molecule has 0 saturated carbocycles. The van der Waals surface area contributed by atoms with E-state index in [1.54, 1.807) is 24.3 Å². The summed E-state index contributed by atoms with van der Waals surface area (Å²) in [4.78, 5) is 12.4. The molecule has 126 valence electrons. The Morgan fingerprint density at radius 3 is 2.88 bits per heavy atom. The van der Waals surface area contributed by atoms with Crippen LogP contribution in [0.1, 0.15) is 16.8 Å². The first-order chi connectivity index (χ1) is 11.5. The molecule has 1 heterocycles. The number of carbonyl (C=O) groups excluding carboxylic acids is 1. The van der Waals surface area contributed by atoms with Crippen molar-refractivity contribution in [3.05, 3.63) is 58.9 Å². The van der Waals surface area contributed by atoms with E-state index >= 15 is 0 Å². The van der Waals surface area contributed by atoms with Crippen molar-refractivity contribution >= 4 is 17.5 Å². The third-order valence-corrected chi connectivity index (χ3v) is 4.45. The number of amides is 1. The van der Waals surface area contributed by atoms with Gasteiger partial charge in [0.1, 0.15) is 5.82 Å². The first-order valence-corrected chi connectivity index (χ1v) is 8.17. The number of nitrogens with one attached hydrogen (secondary N) is 2. The van der Waals surface area contributed by atoms with Crippen molar-refractivity contribution in [3.63, 3.8) is 0 Å². The summed E-state index contributed by atoms with van der Waals surface area (Å²) < 4.78 is 13.2. The van der Waals surface area contributed by atoms with Crippen molar-refractivity contribution in [3.8, 4) is 11.1 Å². The van der Waals surface area contributed by atoms with Crippen LogP contribution >= 0.6 is 11.6 Å². The van der Waals surface area contributed by atoms with E-state index in [9.17, 15) is 14.3 Å². The maximum atomic E-state index is 13.2. The summed E-state index contributed by atoms with van der Waals surface area (Å²) in [6.07, 6.45) is 0.0774. The molecule has 24 heavy (non-hydrogen) atoms. The summed E-state index contributed by atoms with van der Waals surface area (Å²) in [5.74, 6) is -0.654. The fourth-order valence-electron chi connectivity index (χ4n) is 2.81. The lowest BCUT2D eigenvalue weighted by molar-refractivity contribution is 0.0765. The first kappa shape index (κ1) is 16.9. The fourth-order valence-corrected chi connectivity index (χ4v) is 3.09. The zero-order valence-electron chi connectivity index (χ0n) is 12.9. The second kappa shape index (κ2) is 7.30. The average Bonchev–Trinajstić information content (AvgIpc) is 2.57. The molecule has 0 radical (unpaired) electrons. The van der Waals surface area contributed by atoms with Crippen molar-refractivity contribution < 1.29 is 14.3 Å². The maximum absolute atomic E-state index is 13.2. The highest BCUT2D eigenvalue weighted by molar-refractivity contribution is 6.33. The molecule has 1 aliphatic rings. The normalized spacial score (nSPS) is 20.6. The summed E-state index contributed by atoms with van der Waals surface area (Å²) in [6, 6.07) is 10.9. The quantitative estimate of drug-likeness (QED) is 0.799. The fraction of sp³-hybridized carbons (Fsp3) is 0.278. The number of hydrogen-bond acceptors (Lipinski definition) is 3. The van der Waals surface area contributed by atoms with Gasteiger partial charge in [-0.25, -0.2) is 4.39 Å². The van der Waals surface area contributed by atoms with Crippen LogP contribution in [0.3, 0.4) is 0 Å². The van der Waals surface area contributed by atoms with Gasteiger partial charge in [-0.1, -0.05) is 23.7 Å². The molecule has 2 atom stereocenters. The zero-order chi connectivity index (χ0) is 17.1. The smallest absolute Gasteiger partial charge is 0.251 e. The number of benzene rings is 2. The molecule has 1 aliphatic heterocycles. The predicted molar refractivity (Wildman–Crippen MR) is 91.6 cm³/mol. The highest BCUT2D eigenvalue weighted by Crippen LogP contribution is 2.29. The molecule has 0 aromatic heterocycles. The Morgan fingerprint density at radius 2 is 2.12 bits per heavy atom. The molecule has 6 heteroatoms. The summed E-state index contributed by atoms with van der Waals surface area (Å²) in [5.41, 5.74) is 1.87. The first-order valence-electron chi connectivity index (χ1n) is 7.80. The van der Waals surface area contributed by atoms with Crippen molar-refractivity contribution in [2.24, 2.45) is 0 Å². The van der Waals surface area contributed by atoms with Gasteiger partial charge in [-0.3, -0.25) is 4.79 Å². The molecule has 0 spiro atoms. The summed E-state index contributed by atoms with van der Waals surface area (Å²) in [5, 5.41) is 16.2. The second-order valence-electron chi connectivity index (χ2n) is 5.85. The van der Waals surface area contributed by atoms with Gasteiger partial charge in [0.15, 0.2) is 0 Å². The Balaban J connectivity index is 1.80. The molecule has 3 rings (SSSR count). The third kappa shape index (κ3) is 3.75. The average molecular weight is 349 g/mol. The van der Waals surface area contributed by atoms with Gasteiger partial charge < -0.3 is 15.7 Å².